The Labute approximate surface area is 268 Å². The highest BCUT2D eigenvalue weighted by atomic mass is 79.9. The van der Waals surface area contributed by atoms with E-state index in [1.54, 1.807) is 4.90 Å². The van der Waals surface area contributed by atoms with E-state index in [1.807, 2.05) is 17.2 Å². The maximum absolute atomic E-state index is 13.3. The van der Waals surface area contributed by atoms with Crippen LogP contribution in [0.2, 0.25) is 5.02 Å². The largest absolute Gasteiger partial charge is 0.392 e. The van der Waals surface area contributed by atoms with E-state index >= 15 is 0 Å². The van der Waals surface area contributed by atoms with E-state index < -0.39 is 12.0 Å². The molecule has 0 bridgehead atoms. The quantitative estimate of drug-likeness (QED) is 0.418. The highest BCUT2D eigenvalue weighted by Crippen LogP contribution is 2.46. The van der Waals surface area contributed by atoms with Crippen LogP contribution in [0.3, 0.4) is 0 Å². The molecule has 1 aliphatic carbocycles. The van der Waals surface area contributed by atoms with E-state index in [0.717, 1.165) is 71.3 Å². The van der Waals surface area contributed by atoms with E-state index in [0.29, 0.717) is 25.4 Å². The number of nitrogens with two attached hydrogens (primary N) is 1. The number of aliphatic hydroxyl groups excluding tert-OH is 1. The van der Waals surface area contributed by atoms with Crippen molar-refractivity contribution in [1.82, 2.24) is 14.8 Å². The van der Waals surface area contributed by atoms with Crippen LogP contribution in [-0.2, 0) is 27.2 Å². The van der Waals surface area contributed by atoms with Gasteiger partial charge in [0.1, 0.15) is 0 Å². The molecule has 3 aliphatic rings. The van der Waals surface area contributed by atoms with Crippen LogP contribution in [0, 0.1) is 11.8 Å². The Morgan fingerprint density at radius 2 is 1.60 bits per heavy atom. The molecule has 0 saturated carbocycles. The second kappa shape index (κ2) is 13.7. The Morgan fingerprint density at radius 3 is 2.29 bits per heavy atom. The van der Waals surface area contributed by atoms with E-state index in [-0.39, 0.29) is 36.5 Å². The molecule has 2 saturated heterocycles. The van der Waals surface area contributed by atoms with Gasteiger partial charge in [0, 0.05) is 58.7 Å². The van der Waals surface area contributed by atoms with Crippen LogP contribution in [0.25, 0.3) is 0 Å². The highest BCUT2D eigenvalue weighted by Gasteiger charge is 2.37. The average molecular weight is 725 g/mol. The summed E-state index contributed by atoms with van der Waals surface area (Å²) >= 11 is 13.9. The van der Waals surface area contributed by atoms with Crippen molar-refractivity contribution in [2.45, 2.75) is 69.8 Å². The van der Waals surface area contributed by atoms with Crippen molar-refractivity contribution in [2.24, 2.45) is 17.6 Å². The molecule has 2 atom stereocenters. The van der Waals surface area contributed by atoms with Gasteiger partial charge in [0.2, 0.25) is 17.7 Å². The number of likely N-dealkylation sites (tertiary alicyclic amines) is 2. The molecule has 8 nitrogen and oxygen atoms in total. The first-order valence-corrected chi connectivity index (χ1v) is 16.7. The molecular weight excluding hydrogens is 688 g/mol. The zero-order chi connectivity index (χ0) is 30.0. The molecule has 0 unspecified atom stereocenters. The standard InChI is InChI=1S/C31H37Br2ClN4O4/c32-22-12-21-2-1-20-13-23(34)14-25(33)29(20)30(31(21)36-17-22)19-5-9-38(10-6-19)27(41)11-18-3-7-37(8-4-18)28(42)16-24(39)15-26(35)40/h12-14,17-19,24,30,39H,1-11,15-16H2,(H2,35,40)/t24-,30+/m0/s1. The Kier molecular flexibility index (Phi) is 10.3. The number of carbonyl (C=O) groups excluding carboxylic acids is 3. The Bertz CT molecular complexity index is 1340. The lowest BCUT2D eigenvalue weighted by Gasteiger charge is -2.38. The van der Waals surface area contributed by atoms with Crippen LogP contribution >= 0.6 is 43.5 Å². The van der Waals surface area contributed by atoms with Crippen LogP contribution in [0.5, 0.6) is 0 Å². The first-order valence-electron chi connectivity index (χ1n) is 14.7. The van der Waals surface area contributed by atoms with E-state index in [4.69, 9.17) is 22.3 Å². The Hall–Kier alpha value is -2.01. The fourth-order valence-electron chi connectivity index (χ4n) is 6.91. The lowest BCUT2D eigenvalue weighted by atomic mass is 9.76. The van der Waals surface area contributed by atoms with Gasteiger partial charge in [-0.3, -0.25) is 19.4 Å². The normalized spacial score (nSPS) is 20.4. The smallest absolute Gasteiger partial charge is 0.225 e. The predicted octanol–water partition coefficient (Wildman–Crippen LogP) is 4.98. The first kappa shape index (κ1) is 31.4. The minimum absolute atomic E-state index is 0.103. The van der Waals surface area contributed by atoms with Gasteiger partial charge < -0.3 is 20.6 Å². The molecule has 3 heterocycles. The minimum atomic E-state index is -1.05. The molecule has 1 aromatic heterocycles. The van der Waals surface area contributed by atoms with Crippen LogP contribution < -0.4 is 5.73 Å². The van der Waals surface area contributed by atoms with Crippen LogP contribution in [-0.4, -0.2) is 69.9 Å². The number of aromatic nitrogens is 1. The summed E-state index contributed by atoms with van der Waals surface area (Å²) in [4.78, 5) is 45.4. The number of rotatable bonds is 7. The zero-order valence-corrected chi connectivity index (χ0v) is 27.5. The zero-order valence-electron chi connectivity index (χ0n) is 23.5. The molecular formula is C31H37Br2ClN4O4. The van der Waals surface area contributed by atoms with Gasteiger partial charge in [-0.15, -0.1) is 0 Å². The van der Waals surface area contributed by atoms with Crippen molar-refractivity contribution >= 4 is 61.2 Å². The van der Waals surface area contributed by atoms with Gasteiger partial charge in [0.05, 0.1) is 24.6 Å². The molecule has 42 heavy (non-hydrogen) atoms. The number of nitrogens with zero attached hydrogens (tertiary/aromatic N) is 3. The molecule has 226 valence electrons. The number of hydrogen-bond acceptors (Lipinski definition) is 5. The number of aryl methyl sites for hydroxylation is 2. The van der Waals surface area contributed by atoms with E-state index in [1.165, 1.54) is 16.7 Å². The number of hydrogen-bond donors (Lipinski definition) is 2. The number of halogens is 3. The summed E-state index contributed by atoms with van der Waals surface area (Å²) in [6, 6.07) is 6.27. The maximum atomic E-state index is 13.3. The summed E-state index contributed by atoms with van der Waals surface area (Å²) in [5.41, 5.74) is 10.0. The lowest BCUT2D eigenvalue weighted by Crippen LogP contribution is -2.43. The van der Waals surface area contributed by atoms with Crippen molar-refractivity contribution < 1.29 is 19.5 Å². The van der Waals surface area contributed by atoms with Crippen LogP contribution in [0.1, 0.15) is 73.2 Å². The number of benzene rings is 1. The number of carbonyl (C=O) groups is 3. The van der Waals surface area contributed by atoms with Gasteiger partial charge in [0.25, 0.3) is 0 Å². The van der Waals surface area contributed by atoms with Gasteiger partial charge in [-0.25, -0.2) is 0 Å². The molecule has 2 aromatic rings. The average Bonchev–Trinajstić information content (AvgIpc) is 3.09. The third-order valence-electron chi connectivity index (χ3n) is 9.06. The Balaban J connectivity index is 1.19. The van der Waals surface area contributed by atoms with E-state index in [9.17, 15) is 19.5 Å². The predicted molar refractivity (Wildman–Crippen MR) is 168 cm³/mol. The number of aliphatic hydroxyl groups is 1. The SMILES string of the molecule is NC(=O)C[C@H](O)CC(=O)N1CCC(CC(=O)N2CCC([C@H]3c4ncc(Br)cc4CCc4cc(Cl)cc(Br)c43)CC2)CC1. The fraction of sp³-hybridized carbons (Fsp3) is 0.548. The summed E-state index contributed by atoms with van der Waals surface area (Å²) in [7, 11) is 0. The number of amides is 3. The molecule has 0 spiro atoms. The molecule has 0 radical (unpaired) electrons. The van der Waals surface area contributed by atoms with Crippen molar-refractivity contribution in [3.05, 3.63) is 60.7 Å². The van der Waals surface area contributed by atoms with Crippen molar-refractivity contribution in [3.63, 3.8) is 0 Å². The number of primary amides is 1. The molecule has 3 N–H and O–H groups in total. The van der Waals surface area contributed by atoms with Crippen LogP contribution in [0.15, 0.2) is 33.3 Å². The van der Waals surface area contributed by atoms with Gasteiger partial charge in [-0.2, -0.15) is 0 Å². The van der Waals surface area contributed by atoms with Gasteiger partial charge in [0.15, 0.2) is 0 Å². The van der Waals surface area contributed by atoms with Crippen molar-refractivity contribution in [3.8, 4) is 0 Å². The first-order chi connectivity index (χ1) is 20.1. The summed E-state index contributed by atoms with van der Waals surface area (Å²) in [5, 5.41) is 10.6. The molecule has 1 aromatic carbocycles. The van der Waals surface area contributed by atoms with Crippen molar-refractivity contribution in [1.29, 1.82) is 0 Å². The third kappa shape index (κ3) is 7.37. The van der Waals surface area contributed by atoms with E-state index in [2.05, 4.69) is 44.0 Å². The minimum Gasteiger partial charge on any atom is -0.392 e. The van der Waals surface area contributed by atoms with Gasteiger partial charge in [-0.1, -0.05) is 27.5 Å². The molecule has 2 aliphatic heterocycles. The van der Waals surface area contributed by atoms with Crippen LogP contribution in [0.4, 0.5) is 0 Å². The lowest BCUT2D eigenvalue weighted by molar-refractivity contribution is -0.136. The summed E-state index contributed by atoms with van der Waals surface area (Å²) in [6.07, 6.45) is 6.16. The van der Waals surface area contributed by atoms with Crippen molar-refractivity contribution in [2.75, 3.05) is 26.2 Å². The summed E-state index contributed by atoms with van der Waals surface area (Å²) in [6.45, 7) is 2.57. The second-order valence-electron chi connectivity index (χ2n) is 11.9. The summed E-state index contributed by atoms with van der Waals surface area (Å²) < 4.78 is 2.01. The fourth-order valence-corrected chi connectivity index (χ4v) is 8.41. The Morgan fingerprint density at radius 1 is 0.952 bits per heavy atom. The third-order valence-corrected chi connectivity index (χ3v) is 10.4. The summed E-state index contributed by atoms with van der Waals surface area (Å²) in [5.74, 6) is 0.120. The molecule has 2 fully saturated rings. The second-order valence-corrected chi connectivity index (χ2v) is 14.1. The molecule has 3 amide bonds. The van der Waals surface area contributed by atoms with Gasteiger partial charge in [-0.05, 0) is 101 Å². The highest BCUT2D eigenvalue weighted by molar-refractivity contribution is 9.10. The molecule has 5 rings (SSSR count). The number of pyridine rings is 1. The number of piperidine rings is 2. The maximum Gasteiger partial charge on any atom is 0.225 e. The van der Waals surface area contributed by atoms with Gasteiger partial charge >= 0.3 is 0 Å². The molecule has 11 heteroatoms. The topological polar surface area (TPSA) is 117 Å². The monoisotopic (exact) mass is 722 g/mol. The number of fused-ring (bicyclic) bond motifs is 2.